The number of anilines is 2. The Balaban J connectivity index is 1.46. The fourth-order valence-corrected chi connectivity index (χ4v) is 4.92. The van der Waals surface area contributed by atoms with Gasteiger partial charge in [0.1, 0.15) is 22.4 Å². The average Bonchev–Trinajstić information content (AvgIpc) is 3.34. The van der Waals surface area contributed by atoms with Crippen LogP contribution in [0.5, 0.6) is 5.75 Å². The number of H-pyrrole nitrogens is 1. The Morgan fingerprint density at radius 1 is 1.10 bits per heavy atom. The Labute approximate surface area is 179 Å². The molecular weight excluding hydrogens is 418 g/mol. The molecule has 5 aromatic rings. The van der Waals surface area contributed by atoms with E-state index in [1.54, 1.807) is 24.5 Å². The van der Waals surface area contributed by atoms with E-state index in [0.717, 1.165) is 55.4 Å². The number of aryl methyl sites for hydroxylation is 2. The van der Waals surface area contributed by atoms with Crippen LogP contribution in [0.4, 0.5) is 11.5 Å². The summed E-state index contributed by atoms with van der Waals surface area (Å²) in [6.07, 6.45) is 3.30. The van der Waals surface area contributed by atoms with E-state index in [-0.39, 0.29) is 4.87 Å². The molecule has 30 heavy (non-hydrogen) atoms. The SMILES string of the molecule is COc1cc2[nH]c(=O)sc2cc1Nc1ncnc2sc(CCc3ccccc3)nc12. The quantitative estimate of drug-likeness (QED) is 0.407. The van der Waals surface area contributed by atoms with E-state index < -0.39 is 0 Å². The number of nitrogens with zero attached hydrogens (tertiary/aromatic N) is 3. The van der Waals surface area contributed by atoms with E-state index in [2.05, 4.69) is 32.4 Å². The van der Waals surface area contributed by atoms with Crippen molar-refractivity contribution in [3.8, 4) is 5.75 Å². The van der Waals surface area contributed by atoms with Gasteiger partial charge in [0.05, 0.1) is 28.0 Å². The van der Waals surface area contributed by atoms with Crippen LogP contribution in [0.2, 0.25) is 0 Å². The molecule has 0 saturated heterocycles. The lowest BCUT2D eigenvalue weighted by atomic mass is 10.1. The first kappa shape index (κ1) is 18.7. The predicted molar refractivity (Wildman–Crippen MR) is 121 cm³/mol. The van der Waals surface area contributed by atoms with Crippen molar-refractivity contribution in [2.24, 2.45) is 0 Å². The molecule has 2 aromatic carbocycles. The third kappa shape index (κ3) is 3.64. The lowest BCUT2D eigenvalue weighted by Crippen LogP contribution is -1.98. The highest BCUT2D eigenvalue weighted by molar-refractivity contribution is 7.18. The molecule has 0 spiro atoms. The summed E-state index contributed by atoms with van der Waals surface area (Å²) in [6, 6.07) is 14.1. The highest BCUT2D eigenvalue weighted by atomic mass is 32.1. The lowest BCUT2D eigenvalue weighted by molar-refractivity contribution is 0.417. The van der Waals surface area contributed by atoms with Crippen LogP contribution in [0, 0.1) is 0 Å². The molecule has 0 radical (unpaired) electrons. The van der Waals surface area contributed by atoms with Crippen LogP contribution >= 0.6 is 22.7 Å². The number of hydrogen-bond acceptors (Lipinski definition) is 8. The summed E-state index contributed by atoms with van der Waals surface area (Å²) in [5.41, 5.74) is 3.48. The van der Waals surface area contributed by atoms with Crippen LogP contribution in [-0.4, -0.2) is 27.0 Å². The zero-order valence-electron chi connectivity index (χ0n) is 16.0. The Kier molecular flexibility index (Phi) is 4.89. The Bertz CT molecular complexity index is 1390. The smallest absolute Gasteiger partial charge is 0.305 e. The first-order valence-corrected chi connectivity index (χ1v) is 10.9. The number of nitrogens with one attached hydrogen (secondary N) is 2. The fourth-order valence-electron chi connectivity index (χ4n) is 3.26. The van der Waals surface area contributed by atoms with Crippen molar-refractivity contribution < 1.29 is 4.74 Å². The number of fused-ring (bicyclic) bond motifs is 2. The maximum Gasteiger partial charge on any atom is 0.305 e. The third-order valence-electron chi connectivity index (χ3n) is 4.70. The zero-order valence-corrected chi connectivity index (χ0v) is 17.6. The second-order valence-corrected chi connectivity index (χ2v) is 8.73. The van der Waals surface area contributed by atoms with Crippen molar-refractivity contribution >= 4 is 54.7 Å². The third-order valence-corrected chi connectivity index (χ3v) is 6.57. The minimum absolute atomic E-state index is 0.101. The van der Waals surface area contributed by atoms with Crippen LogP contribution in [-0.2, 0) is 12.8 Å². The van der Waals surface area contributed by atoms with Crippen molar-refractivity contribution in [1.82, 2.24) is 19.9 Å². The van der Waals surface area contributed by atoms with Gasteiger partial charge in [-0.05, 0) is 18.1 Å². The van der Waals surface area contributed by atoms with Gasteiger partial charge in [0.25, 0.3) is 0 Å². The van der Waals surface area contributed by atoms with E-state index in [1.165, 1.54) is 11.9 Å². The summed E-state index contributed by atoms with van der Waals surface area (Å²) in [7, 11) is 1.59. The highest BCUT2D eigenvalue weighted by Gasteiger charge is 2.14. The lowest BCUT2D eigenvalue weighted by Gasteiger charge is -2.10. The molecule has 0 bridgehead atoms. The van der Waals surface area contributed by atoms with Crippen LogP contribution < -0.4 is 14.9 Å². The molecule has 0 saturated carbocycles. The average molecular weight is 436 g/mol. The summed E-state index contributed by atoms with van der Waals surface area (Å²) in [6.45, 7) is 0. The molecule has 9 heteroatoms. The normalized spacial score (nSPS) is 11.2. The first-order chi connectivity index (χ1) is 14.7. The highest BCUT2D eigenvalue weighted by Crippen LogP contribution is 2.34. The number of aromatic amines is 1. The molecule has 0 amide bonds. The van der Waals surface area contributed by atoms with Gasteiger partial charge in [-0.25, -0.2) is 15.0 Å². The van der Waals surface area contributed by atoms with E-state index in [9.17, 15) is 4.79 Å². The molecule has 3 aromatic heterocycles. The summed E-state index contributed by atoms with van der Waals surface area (Å²) in [5.74, 6) is 1.23. The van der Waals surface area contributed by atoms with Crippen molar-refractivity contribution in [1.29, 1.82) is 0 Å². The van der Waals surface area contributed by atoms with Crippen LogP contribution in [0.1, 0.15) is 10.6 Å². The second-order valence-electron chi connectivity index (χ2n) is 6.66. The molecule has 0 atom stereocenters. The van der Waals surface area contributed by atoms with Crippen molar-refractivity contribution in [3.05, 3.63) is 69.0 Å². The second kappa shape index (κ2) is 7.85. The number of ether oxygens (including phenoxy) is 1. The standard InChI is InChI=1S/C21H17N5O2S2/c1-28-15-9-14-16(29-21(27)25-14)10-13(15)24-19-18-20(23-11-22-19)30-17(26-18)8-7-12-5-3-2-4-6-12/h2-6,9-11H,7-8H2,1H3,(H,25,27)(H,22,23,24). The number of rotatable bonds is 6. The number of hydrogen-bond donors (Lipinski definition) is 2. The minimum atomic E-state index is -0.101. The van der Waals surface area contributed by atoms with E-state index >= 15 is 0 Å². The predicted octanol–water partition coefficient (Wildman–Crippen LogP) is 4.53. The Morgan fingerprint density at radius 2 is 1.97 bits per heavy atom. The molecule has 7 nitrogen and oxygen atoms in total. The van der Waals surface area contributed by atoms with Gasteiger partial charge in [0.2, 0.25) is 0 Å². The molecule has 5 rings (SSSR count). The van der Waals surface area contributed by atoms with Gasteiger partial charge in [0, 0.05) is 12.5 Å². The molecule has 150 valence electrons. The Morgan fingerprint density at radius 3 is 2.80 bits per heavy atom. The monoisotopic (exact) mass is 435 g/mol. The zero-order chi connectivity index (χ0) is 20.5. The van der Waals surface area contributed by atoms with Crippen molar-refractivity contribution in [3.63, 3.8) is 0 Å². The first-order valence-electron chi connectivity index (χ1n) is 9.32. The fraction of sp³-hybridized carbons (Fsp3) is 0.143. The maximum absolute atomic E-state index is 11.7. The van der Waals surface area contributed by atoms with Gasteiger partial charge in [-0.3, -0.25) is 4.79 Å². The molecule has 2 N–H and O–H groups in total. The molecule has 0 fully saturated rings. The number of benzene rings is 2. The molecule has 3 heterocycles. The number of thiazole rings is 2. The van der Waals surface area contributed by atoms with Crippen LogP contribution in [0.3, 0.4) is 0 Å². The van der Waals surface area contributed by atoms with Crippen molar-refractivity contribution in [2.75, 3.05) is 12.4 Å². The largest absolute Gasteiger partial charge is 0.494 e. The van der Waals surface area contributed by atoms with Gasteiger partial charge in [-0.2, -0.15) is 0 Å². The van der Waals surface area contributed by atoms with Crippen LogP contribution in [0.25, 0.3) is 20.6 Å². The molecule has 0 aliphatic carbocycles. The van der Waals surface area contributed by atoms with Crippen molar-refractivity contribution in [2.45, 2.75) is 12.8 Å². The van der Waals surface area contributed by atoms with Gasteiger partial charge in [-0.1, -0.05) is 53.0 Å². The summed E-state index contributed by atoms with van der Waals surface area (Å²) in [4.78, 5) is 28.8. The van der Waals surface area contributed by atoms with Gasteiger partial charge in [0.15, 0.2) is 5.82 Å². The van der Waals surface area contributed by atoms with E-state index in [4.69, 9.17) is 9.72 Å². The van der Waals surface area contributed by atoms with Crippen LogP contribution in [0.15, 0.2) is 53.6 Å². The van der Waals surface area contributed by atoms with Gasteiger partial charge >= 0.3 is 4.87 Å². The molecule has 0 aliphatic rings. The Hall–Kier alpha value is -3.30. The molecular formula is C21H17N5O2S2. The summed E-state index contributed by atoms with van der Waals surface area (Å²) >= 11 is 2.73. The topological polar surface area (TPSA) is 92.8 Å². The molecule has 0 unspecified atom stereocenters. The maximum atomic E-state index is 11.7. The van der Waals surface area contributed by atoms with E-state index in [1.807, 2.05) is 24.3 Å². The molecule has 0 aliphatic heterocycles. The van der Waals surface area contributed by atoms with Gasteiger partial charge < -0.3 is 15.0 Å². The number of aromatic nitrogens is 4. The summed E-state index contributed by atoms with van der Waals surface area (Å²) < 4.78 is 6.34. The minimum Gasteiger partial charge on any atom is -0.494 e. The number of methoxy groups -OCH3 is 1. The van der Waals surface area contributed by atoms with E-state index in [0.29, 0.717) is 11.6 Å². The summed E-state index contributed by atoms with van der Waals surface area (Å²) in [5, 5.41) is 4.33. The van der Waals surface area contributed by atoms with Gasteiger partial charge in [-0.15, -0.1) is 0 Å².